The first-order valence-corrected chi connectivity index (χ1v) is 6.29. The van der Waals surface area contributed by atoms with Crippen LogP contribution in [-0.4, -0.2) is 24.6 Å². The number of esters is 2. The van der Waals surface area contributed by atoms with Gasteiger partial charge in [0.25, 0.3) is 0 Å². The number of ether oxygens (including phenoxy) is 2. The summed E-state index contributed by atoms with van der Waals surface area (Å²) >= 11 is 0. The van der Waals surface area contributed by atoms with E-state index in [4.69, 9.17) is 9.47 Å². The predicted octanol–water partition coefficient (Wildman–Crippen LogP) is 2.86. The fourth-order valence-corrected chi connectivity index (χ4v) is 1.48. The summed E-state index contributed by atoms with van der Waals surface area (Å²) in [5.41, 5.74) is 1.04. The highest BCUT2D eigenvalue weighted by atomic mass is 16.5. The highest BCUT2D eigenvalue weighted by molar-refractivity contribution is 5.66. The third-order valence-corrected chi connectivity index (χ3v) is 2.77. The van der Waals surface area contributed by atoms with Gasteiger partial charge in [0.2, 0.25) is 0 Å². The third kappa shape index (κ3) is 8.79. The summed E-state index contributed by atoms with van der Waals surface area (Å²) in [7, 11) is 0. The van der Waals surface area contributed by atoms with E-state index in [1.54, 1.807) is 0 Å². The maximum absolute atomic E-state index is 10.8. The van der Waals surface area contributed by atoms with Crippen LogP contribution in [0.5, 0.6) is 0 Å². The topological polar surface area (TPSA) is 52.6 Å². The van der Waals surface area contributed by atoms with Gasteiger partial charge in [-0.15, -0.1) is 0 Å². The Morgan fingerprint density at radius 1 is 1.11 bits per heavy atom. The lowest BCUT2D eigenvalue weighted by Crippen LogP contribution is -2.20. The summed E-state index contributed by atoms with van der Waals surface area (Å²) in [5, 5.41) is 0. The second-order valence-electron chi connectivity index (χ2n) is 4.70. The van der Waals surface area contributed by atoms with Crippen molar-refractivity contribution in [1.82, 2.24) is 0 Å². The molecule has 0 saturated carbocycles. The maximum Gasteiger partial charge on any atom is 0.302 e. The quantitative estimate of drug-likeness (QED) is 0.519. The second kappa shape index (κ2) is 8.72. The Morgan fingerprint density at radius 2 is 1.72 bits per heavy atom. The van der Waals surface area contributed by atoms with Crippen molar-refractivity contribution in [3.63, 3.8) is 0 Å². The molecule has 0 aliphatic heterocycles. The van der Waals surface area contributed by atoms with Crippen molar-refractivity contribution in [2.24, 2.45) is 5.92 Å². The predicted molar refractivity (Wildman–Crippen MR) is 70.0 cm³/mol. The van der Waals surface area contributed by atoms with Crippen LogP contribution in [0.4, 0.5) is 0 Å². The summed E-state index contributed by atoms with van der Waals surface area (Å²) in [6, 6.07) is 0. The second-order valence-corrected chi connectivity index (χ2v) is 4.70. The normalized spacial score (nSPS) is 14.8. The number of carbonyl (C=O) groups excluding carboxylic acids is 2. The van der Waals surface area contributed by atoms with Gasteiger partial charge in [0.15, 0.2) is 0 Å². The Labute approximate surface area is 109 Å². The zero-order chi connectivity index (χ0) is 14.1. The lowest BCUT2D eigenvalue weighted by molar-refractivity contribution is -0.147. The van der Waals surface area contributed by atoms with Crippen molar-refractivity contribution in [2.45, 2.75) is 53.6 Å². The molecule has 0 amide bonds. The molecule has 104 valence electrons. The zero-order valence-corrected chi connectivity index (χ0v) is 12.0. The first-order chi connectivity index (χ1) is 8.32. The van der Waals surface area contributed by atoms with Crippen LogP contribution in [0.25, 0.3) is 0 Å². The molecular formula is C14H24O4. The van der Waals surface area contributed by atoms with E-state index in [0.29, 0.717) is 12.5 Å². The van der Waals surface area contributed by atoms with Crippen molar-refractivity contribution < 1.29 is 19.1 Å². The third-order valence-electron chi connectivity index (χ3n) is 2.77. The van der Waals surface area contributed by atoms with Gasteiger partial charge in [-0.05, 0) is 38.2 Å². The van der Waals surface area contributed by atoms with Gasteiger partial charge in [-0.3, -0.25) is 9.59 Å². The summed E-state index contributed by atoms with van der Waals surface area (Å²) < 4.78 is 10.0. The Morgan fingerprint density at radius 3 is 2.22 bits per heavy atom. The SMILES string of the molecule is CC(=O)OC/C(C)=C/CC[C@H](C)C(C)OC(C)=O. The van der Waals surface area contributed by atoms with Crippen molar-refractivity contribution >= 4 is 11.9 Å². The molecule has 0 aliphatic rings. The Balaban J connectivity index is 3.90. The molecule has 1 unspecified atom stereocenters. The van der Waals surface area contributed by atoms with Gasteiger partial charge in [-0.2, -0.15) is 0 Å². The Kier molecular flexibility index (Phi) is 8.08. The van der Waals surface area contributed by atoms with Crippen LogP contribution in [-0.2, 0) is 19.1 Å². The maximum atomic E-state index is 10.8. The van der Waals surface area contributed by atoms with E-state index in [1.165, 1.54) is 13.8 Å². The molecular weight excluding hydrogens is 232 g/mol. The molecule has 2 atom stereocenters. The first kappa shape index (κ1) is 16.7. The van der Waals surface area contributed by atoms with Crippen LogP contribution in [0.1, 0.15) is 47.5 Å². The van der Waals surface area contributed by atoms with E-state index in [0.717, 1.165) is 18.4 Å². The van der Waals surface area contributed by atoms with Crippen LogP contribution in [0.15, 0.2) is 11.6 Å². The van der Waals surface area contributed by atoms with Crippen LogP contribution in [0.3, 0.4) is 0 Å². The molecule has 0 N–H and O–H groups in total. The highest BCUT2D eigenvalue weighted by Gasteiger charge is 2.13. The molecule has 0 aliphatic carbocycles. The molecule has 0 spiro atoms. The molecule has 0 rings (SSSR count). The zero-order valence-electron chi connectivity index (χ0n) is 12.0. The van der Waals surface area contributed by atoms with Crippen LogP contribution in [0, 0.1) is 5.92 Å². The number of carbonyl (C=O) groups is 2. The van der Waals surface area contributed by atoms with Gasteiger partial charge in [0, 0.05) is 13.8 Å². The summed E-state index contributed by atoms with van der Waals surface area (Å²) in [6.07, 6.45) is 3.82. The fraction of sp³-hybridized carbons (Fsp3) is 0.714. The molecule has 0 aromatic carbocycles. The summed E-state index contributed by atoms with van der Waals surface area (Å²) in [5.74, 6) is -0.192. The van der Waals surface area contributed by atoms with Gasteiger partial charge in [0.1, 0.15) is 12.7 Å². The van der Waals surface area contributed by atoms with Crippen LogP contribution >= 0.6 is 0 Å². The molecule has 0 heterocycles. The van der Waals surface area contributed by atoms with E-state index in [9.17, 15) is 9.59 Å². The number of hydrogen-bond acceptors (Lipinski definition) is 4. The minimum absolute atomic E-state index is 0.0651. The van der Waals surface area contributed by atoms with Crippen LogP contribution in [0.2, 0.25) is 0 Å². The molecule has 0 radical (unpaired) electrons. The lowest BCUT2D eigenvalue weighted by atomic mass is 9.99. The van der Waals surface area contributed by atoms with Crippen molar-refractivity contribution in [1.29, 1.82) is 0 Å². The van der Waals surface area contributed by atoms with E-state index in [2.05, 4.69) is 13.0 Å². The van der Waals surface area contributed by atoms with E-state index < -0.39 is 0 Å². The largest absolute Gasteiger partial charge is 0.463 e. The molecule has 0 aromatic rings. The van der Waals surface area contributed by atoms with Crippen molar-refractivity contribution in [3.05, 3.63) is 11.6 Å². The van der Waals surface area contributed by atoms with Gasteiger partial charge in [-0.25, -0.2) is 0 Å². The van der Waals surface area contributed by atoms with Crippen molar-refractivity contribution in [3.8, 4) is 0 Å². The minimum atomic E-state index is -0.264. The summed E-state index contributed by atoms with van der Waals surface area (Å²) in [6.45, 7) is 9.07. The molecule has 18 heavy (non-hydrogen) atoms. The molecule has 4 nitrogen and oxygen atoms in total. The van der Waals surface area contributed by atoms with Gasteiger partial charge >= 0.3 is 11.9 Å². The number of allylic oxidation sites excluding steroid dienone is 1. The molecule has 0 saturated heterocycles. The van der Waals surface area contributed by atoms with E-state index in [1.807, 2.05) is 13.8 Å². The van der Waals surface area contributed by atoms with Crippen LogP contribution < -0.4 is 0 Å². The average molecular weight is 256 g/mol. The van der Waals surface area contributed by atoms with Crippen molar-refractivity contribution in [2.75, 3.05) is 6.61 Å². The van der Waals surface area contributed by atoms with E-state index in [-0.39, 0.29) is 18.0 Å². The van der Waals surface area contributed by atoms with Gasteiger partial charge in [-0.1, -0.05) is 13.0 Å². The average Bonchev–Trinajstić information content (AvgIpc) is 2.25. The molecule has 0 fully saturated rings. The molecule has 0 bridgehead atoms. The number of rotatable bonds is 7. The van der Waals surface area contributed by atoms with Gasteiger partial charge in [0.05, 0.1) is 0 Å². The van der Waals surface area contributed by atoms with Gasteiger partial charge < -0.3 is 9.47 Å². The highest BCUT2D eigenvalue weighted by Crippen LogP contribution is 2.15. The fourth-order valence-electron chi connectivity index (χ4n) is 1.48. The summed E-state index contributed by atoms with van der Waals surface area (Å²) in [4.78, 5) is 21.4. The Hall–Kier alpha value is -1.32. The minimum Gasteiger partial charge on any atom is -0.463 e. The molecule has 4 heteroatoms. The first-order valence-electron chi connectivity index (χ1n) is 6.29. The smallest absolute Gasteiger partial charge is 0.302 e. The lowest BCUT2D eigenvalue weighted by Gasteiger charge is -2.19. The van der Waals surface area contributed by atoms with E-state index >= 15 is 0 Å². The monoisotopic (exact) mass is 256 g/mol. The standard InChI is InChI=1S/C14H24O4/c1-10(9-17-13(4)15)7-6-8-11(2)12(3)18-14(5)16/h7,11-12H,6,8-9H2,1-5H3/b10-7+/t11-,12?/m0/s1. The molecule has 0 aromatic heterocycles. The Bertz CT molecular complexity index is 307. The number of hydrogen-bond donors (Lipinski definition) is 0.